The van der Waals surface area contributed by atoms with Crippen LogP contribution >= 0.6 is 24.0 Å². The largest absolute Gasteiger partial charge is 0.381 e. The molecule has 23 heavy (non-hydrogen) atoms. The summed E-state index contributed by atoms with van der Waals surface area (Å²) in [6.07, 6.45) is 1.75. The van der Waals surface area contributed by atoms with Crippen molar-refractivity contribution < 1.29 is 9.13 Å². The van der Waals surface area contributed by atoms with Crippen LogP contribution in [-0.2, 0) is 10.2 Å². The Labute approximate surface area is 155 Å². The van der Waals surface area contributed by atoms with E-state index in [0.29, 0.717) is 31.6 Å². The molecule has 1 heterocycles. The molecule has 1 aliphatic heterocycles. The quantitative estimate of drug-likeness (QED) is 0.425. The Kier molecular flexibility index (Phi) is 8.25. The molecule has 1 aromatic rings. The molecular formula is C17H27FIN3O. The lowest BCUT2D eigenvalue weighted by Crippen LogP contribution is -2.40. The Morgan fingerprint density at radius 3 is 2.48 bits per heavy atom. The molecule has 1 fully saturated rings. The lowest BCUT2D eigenvalue weighted by atomic mass is 9.74. The van der Waals surface area contributed by atoms with Gasteiger partial charge in [-0.05, 0) is 36.5 Å². The molecule has 0 amide bonds. The average molecular weight is 435 g/mol. The molecular weight excluding hydrogens is 408 g/mol. The van der Waals surface area contributed by atoms with Gasteiger partial charge in [0.15, 0.2) is 5.96 Å². The highest BCUT2D eigenvalue weighted by molar-refractivity contribution is 14.0. The molecule has 0 saturated carbocycles. The molecule has 1 saturated heterocycles. The van der Waals surface area contributed by atoms with E-state index >= 15 is 0 Å². The summed E-state index contributed by atoms with van der Waals surface area (Å²) in [6.45, 7) is 7.05. The molecule has 4 nitrogen and oxygen atoms in total. The zero-order valence-corrected chi connectivity index (χ0v) is 16.2. The van der Waals surface area contributed by atoms with Crippen LogP contribution < -0.4 is 11.1 Å². The number of nitrogens with two attached hydrogens (primary N) is 1. The molecule has 1 aromatic carbocycles. The minimum Gasteiger partial charge on any atom is -0.381 e. The summed E-state index contributed by atoms with van der Waals surface area (Å²) in [7, 11) is 0. The number of benzene rings is 1. The first kappa shape index (κ1) is 20.2. The smallest absolute Gasteiger partial charge is 0.188 e. The van der Waals surface area contributed by atoms with Crippen molar-refractivity contribution >= 4 is 29.9 Å². The maximum absolute atomic E-state index is 13.2. The third-order valence-corrected chi connectivity index (χ3v) is 4.15. The molecule has 0 spiro atoms. The van der Waals surface area contributed by atoms with E-state index in [4.69, 9.17) is 10.5 Å². The highest BCUT2D eigenvalue weighted by Gasteiger charge is 2.34. The lowest BCUT2D eigenvalue weighted by Gasteiger charge is -2.36. The molecule has 0 aromatic heterocycles. The van der Waals surface area contributed by atoms with Crippen LogP contribution in [0.1, 0.15) is 32.3 Å². The van der Waals surface area contributed by atoms with Gasteiger partial charge in [0.1, 0.15) is 5.82 Å². The van der Waals surface area contributed by atoms with Crippen molar-refractivity contribution in [2.24, 2.45) is 16.6 Å². The Bertz CT molecular complexity index is 499. The van der Waals surface area contributed by atoms with E-state index in [1.165, 1.54) is 12.1 Å². The van der Waals surface area contributed by atoms with E-state index < -0.39 is 0 Å². The van der Waals surface area contributed by atoms with Crippen molar-refractivity contribution in [1.29, 1.82) is 0 Å². The third kappa shape index (κ3) is 5.91. The molecule has 6 heteroatoms. The Hall–Kier alpha value is -0.890. The number of hydrogen-bond donors (Lipinski definition) is 2. The Balaban J connectivity index is 0.00000264. The zero-order valence-electron chi connectivity index (χ0n) is 13.8. The Morgan fingerprint density at radius 2 is 1.91 bits per heavy atom. The predicted octanol–water partition coefficient (Wildman–Crippen LogP) is 3.05. The molecule has 0 radical (unpaired) electrons. The number of nitrogens with zero attached hydrogens (tertiary/aromatic N) is 1. The second-order valence-electron chi connectivity index (χ2n) is 6.38. The van der Waals surface area contributed by atoms with Crippen LogP contribution in [0.3, 0.4) is 0 Å². The first-order chi connectivity index (χ1) is 10.5. The lowest BCUT2D eigenvalue weighted by molar-refractivity contribution is 0.0531. The van der Waals surface area contributed by atoms with Crippen molar-refractivity contribution in [3.63, 3.8) is 0 Å². The summed E-state index contributed by atoms with van der Waals surface area (Å²) < 4.78 is 18.7. The number of aliphatic imine (C=N–C) groups is 1. The average Bonchev–Trinajstić information content (AvgIpc) is 2.52. The molecule has 130 valence electrons. The fourth-order valence-corrected chi connectivity index (χ4v) is 2.70. The van der Waals surface area contributed by atoms with E-state index in [1.807, 2.05) is 12.1 Å². The van der Waals surface area contributed by atoms with Crippen LogP contribution in [0.15, 0.2) is 29.3 Å². The van der Waals surface area contributed by atoms with Crippen LogP contribution in [-0.4, -0.2) is 32.3 Å². The monoisotopic (exact) mass is 435 g/mol. The van der Waals surface area contributed by atoms with Gasteiger partial charge in [0.05, 0.1) is 6.54 Å². The molecule has 0 aliphatic carbocycles. The number of hydrogen-bond acceptors (Lipinski definition) is 2. The van der Waals surface area contributed by atoms with Gasteiger partial charge < -0.3 is 15.8 Å². The highest BCUT2D eigenvalue weighted by atomic mass is 127. The maximum atomic E-state index is 13.2. The summed E-state index contributed by atoms with van der Waals surface area (Å²) in [4.78, 5) is 4.52. The second kappa shape index (κ2) is 9.42. The van der Waals surface area contributed by atoms with Gasteiger partial charge in [0.25, 0.3) is 0 Å². The van der Waals surface area contributed by atoms with Crippen LogP contribution in [0.5, 0.6) is 0 Å². The molecule has 0 unspecified atom stereocenters. The minimum absolute atomic E-state index is 0. The van der Waals surface area contributed by atoms with E-state index in [0.717, 1.165) is 24.9 Å². The number of guanidine groups is 1. The van der Waals surface area contributed by atoms with E-state index in [9.17, 15) is 4.39 Å². The van der Waals surface area contributed by atoms with Crippen molar-refractivity contribution in [3.8, 4) is 0 Å². The van der Waals surface area contributed by atoms with Gasteiger partial charge in [0, 0.05) is 25.2 Å². The number of ether oxygens (including phenoxy) is 1. The van der Waals surface area contributed by atoms with Crippen molar-refractivity contribution in [3.05, 3.63) is 35.6 Å². The van der Waals surface area contributed by atoms with Gasteiger partial charge in [-0.2, -0.15) is 0 Å². The molecule has 1 aliphatic rings. The van der Waals surface area contributed by atoms with Gasteiger partial charge in [-0.15, -0.1) is 24.0 Å². The zero-order chi connectivity index (χ0) is 16.0. The van der Waals surface area contributed by atoms with Gasteiger partial charge in [-0.3, -0.25) is 4.99 Å². The molecule has 3 N–H and O–H groups in total. The normalized spacial score (nSPS) is 17.7. The predicted molar refractivity (Wildman–Crippen MR) is 103 cm³/mol. The second-order valence-corrected chi connectivity index (χ2v) is 6.38. The number of rotatable bonds is 5. The fraction of sp³-hybridized carbons (Fsp3) is 0.588. The summed E-state index contributed by atoms with van der Waals surface area (Å²) in [5.74, 6) is 0.775. The van der Waals surface area contributed by atoms with Gasteiger partial charge >= 0.3 is 0 Å². The van der Waals surface area contributed by atoms with Crippen molar-refractivity contribution in [2.45, 2.75) is 32.1 Å². The summed E-state index contributed by atoms with van der Waals surface area (Å²) in [5, 5.41) is 3.14. The number of halogens is 2. The van der Waals surface area contributed by atoms with Gasteiger partial charge in [-0.1, -0.05) is 26.0 Å². The minimum atomic E-state index is -0.215. The molecule has 2 rings (SSSR count). The first-order valence-electron chi connectivity index (χ1n) is 7.89. The van der Waals surface area contributed by atoms with Crippen LogP contribution in [0.25, 0.3) is 0 Å². The van der Waals surface area contributed by atoms with E-state index in [2.05, 4.69) is 24.2 Å². The fourth-order valence-electron chi connectivity index (χ4n) is 2.70. The van der Waals surface area contributed by atoms with Crippen molar-refractivity contribution in [1.82, 2.24) is 5.32 Å². The van der Waals surface area contributed by atoms with E-state index in [-0.39, 0.29) is 35.2 Å². The van der Waals surface area contributed by atoms with Crippen LogP contribution in [0.2, 0.25) is 0 Å². The SMILES string of the molecule is CC(C)CNC(N)=NCC1(c2ccc(F)cc2)CCOCC1.I. The van der Waals surface area contributed by atoms with Gasteiger partial charge in [-0.25, -0.2) is 4.39 Å². The third-order valence-electron chi connectivity index (χ3n) is 4.15. The van der Waals surface area contributed by atoms with Gasteiger partial charge in [0.2, 0.25) is 0 Å². The van der Waals surface area contributed by atoms with Crippen molar-refractivity contribution in [2.75, 3.05) is 26.3 Å². The molecule has 0 atom stereocenters. The Morgan fingerprint density at radius 1 is 1.30 bits per heavy atom. The maximum Gasteiger partial charge on any atom is 0.188 e. The highest BCUT2D eigenvalue weighted by Crippen LogP contribution is 2.35. The molecule has 0 bridgehead atoms. The van der Waals surface area contributed by atoms with Crippen LogP contribution in [0.4, 0.5) is 4.39 Å². The summed E-state index contributed by atoms with van der Waals surface area (Å²) in [5.41, 5.74) is 6.94. The first-order valence-corrected chi connectivity index (χ1v) is 7.89. The topological polar surface area (TPSA) is 59.6 Å². The van der Waals surface area contributed by atoms with Crippen LogP contribution in [0, 0.1) is 11.7 Å². The standard InChI is InChI=1S/C17H26FN3O.HI/c1-13(2)11-20-16(19)21-12-17(7-9-22-10-8-17)14-3-5-15(18)6-4-14;/h3-6,13H,7-12H2,1-2H3,(H3,19,20,21);1H. The summed E-state index contributed by atoms with van der Waals surface area (Å²) >= 11 is 0. The number of nitrogens with one attached hydrogen (secondary N) is 1. The summed E-state index contributed by atoms with van der Waals surface area (Å²) in [6, 6.07) is 6.73. The van der Waals surface area contributed by atoms with E-state index in [1.54, 1.807) is 0 Å².